The van der Waals surface area contributed by atoms with Crippen molar-refractivity contribution in [3.63, 3.8) is 0 Å². The fourth-order valence-corrected chi connectivity index (χ4v) is 4.34. The predicted molar refractivity (Wildman–Crippen MR) is 96.0 cm³/mol. The quantitative estimate of drug-likeness (QED) is 0.838. The summed E-state index contributed by atoms with van der Waals surface area (Å²) in [6.07, 6.45) is 1.76. The number of benzene rings is 2. The third kappa shape index (κ3) is 5.09. The van der Waals surface area contributed by atoms with Crippen LogP contribution in [0.1, 0.15) is 18.4 Å². The second kappa shape index (κ2) is 8.24. The summed E-state index contributed by atoms with van der Waals surface area (Å²) in [5.41, 5.74) is 1.26. The summed E-state index contributed by atoms with van der Waals surface area (Å²) in [4.78, 5) is 1.97. The van der Waals surface area contributed by atoms with E-state index in [4.69, 9.17) is 0 Å². The van der Waals surface area contributed by atoms with Crippen LogP contribution >= 0.6 is 0 Å². The third-order valence-corrected chi connectivity index (χ3v) is 6.07. The Kier molecular flexibility index (Phi) is 6.01. The lowest BCUT2D eigenvalue weighted by atomic mass is 9.97. The maximum atomic E-state index is 13.2. The molecule has 1 saturated heterocycles. The van der Waals surface area contributed by atoms with Gasteiger partial charge >= 0.3 is 0 Å². The molecular formula is C19H22F2N2O2S. The van der Waals surface area contributed by atoms with Crippen molar-refractivity contribution in [3.8, 4) is 0 Å². The monoisotopic (exact) mass is 380 g/mol. The zero-order chi connectivity index (χ0) is 18.6. The highest BCUT2D eigenvalue weighted by Crippen LogP contribution is 2.20. The van der Waals surface area contributed by atoms with Crippen LogP contribution in [-0.2, 0) is 16.6 Å². The van der Waals surface area contributed by atoms with E-state index in [1.54, 1.807) is 0 Å². The number of likely N-dealkylation sites (tertiary alicyclic amines) is 1. The highest BCUT2D eigenvalue weighted by atomic mass is 32.2. The van der Waals surface area contributed by atoms with Crippen molar-refractivity contribution in [3.05, 3.63) is 65.7 Å². The van der Waals surface area contributed by atoms with Gasteiger partial charge in [-0.05, 0) is 49.5 Å². The summed E-state index contributed by atoms with van der Waals surface area (Å²) >= 11 is 0. The van der Waals surface area contributed by atoms with Gasteiger partial charge in [-0.25, -0.2) is 21.9 Å². The summed E-state index contributed by atoms with van der Waals surface area (Å²) in [6.45, 7) is 2.97. The lowest BCUT2D eigenvalue weighted by Gasteiger charge is -2.32. The van der Waals surface area contributed by atoms with E-state index in [-0.39, 0.29) is 17.4 Å². The molecule has 0 radical (unpaired) electrons. The van der Waals surface area contributed by atoms with Crippen LogP contribution in [0.3, 0.4) is 0 Å². The van der Waals surface area contributed by atoms with Crippen LogP contribution in [0.4, 0.5) is 8.78 Å². The minimum atomic E-state index is -3.91. The molecule has 1 aliphatic heterocycles. The third-order valence-electron chi connectivity index (χ3n) is 4.66. The minimum Gasteiger partial charge on any atom is -0.299 e. The Morgan fingerprint density at radius 3 is 2.23 bits per heavy atom. The average molecular weight is 380 g/mol. The Labute approximate surface area is 152 Å². The van der Waals surface area contributed by atoms with Crippen molar-refractivity contribution >= 4 is 10.0 Å². The first kappa shape index (κ1) is 18.9. The first-order valence-corrected chi connectivity index (χ1v) is 10.1. The molecule has 0 bridgehead atoms. The van der Waals surface area contributed by atoms with Gasteiger partial charge in [-0.1, -0.05) is 30.3 Å². The molecule has 0 unspecified atom stereocenters. The zero-order valence-corrected chi connectivity index (χ0v) is 15.2. The smallest absolute Gasteiger partial charge is 0.240 e. The fraction of sp³-hybridized carbons (Fsp3) is 0.368. The van der Waals surface area contributed by atoms with Gasteiger partial charge in [0, 0.05) is 19.2 Å². The SMILES string of the molecule is O=S(=O)(NCC1CCN(Cc2ccccc2)CC1)c1cc(F)cc(F)c1. The molecule has 140 valence electrons. The number of nitrogens with zero attached hydrogens (tertiary/aromatic N) is 1. The van der Waals surface area contributed by atoms with Gasteiger partial charge in [-0.15, -0.1) is 0 Å². The molecule has 1 fully saturated rings. The summed E-state index contributed by atoms with van der Waals surface area (Å²) in [7, 11) is -3.91. The van der Waals surface area contributed by atoms with Gasteiger partial charge in [0.15, 0.2) is 0 Å². The number of sulfonamides is 1. The Morgan fingerprint density at radius 1 is 1.00 bits per heavy atom. The minimum absolute atomic E-state index is 0.218. The van der Waals surface area contributed by atoms with Crippen LogP contribution < -0.4 is 4.72 Å². The number of hydrogen-bond donors (Lipinski definition) is 1. The lowest BCUT2D eigenvalue weighted by molar-refractivity contribution is 0.178. The standard InChI is InChI=1S/C19H22F2N2O2S/c20-17-10-18(21)12-19(11-17)26(24,25)22-13-15-6-8-23(9-7-15)14-16-4-2-1-3-5-16/h1-5,10-12,15,22H,6-9,13-14H2. The summed E-state index contributed by atoms with van der Waals surface area (Å²) in [5.74, 6) is -1.59. The van der Waals surface area contributed by atoms with Crippen LogP contribution in [0.5, 0.6) is 0 Å². The molecule has 0 amide bonds. The first-order valence-electron chi connectivity index (χ1n) is 8.64. The molecule has 0 aliphatic carbocycles. The highest BCUT2D eigenvalue weighted by Gasteiger charge is 2.22. The molecule has 0 saturated carbocycles. The molecule has 1 N–H and O–H groups in total. The molecule has 2 aromatic rings. The second-order valence-corrected chi connectivity index (χ2v) is 8.43. The number of nitrogens with one attached hydrogen (secondary N) is 1. The molecule has 26 heavy (non-hydrogen) atoms. The van der Waals surface area contributed by atoms with Gasteiger partial charge in [0.2, 0.25) is 10.0 Å². The Balaban J connectivity index is 1.50. The molecule has 2 aromatic carbocycles. The molecule has 1 aliphatic rings. The Hall–Kier alpha value is -1.83. The van der Waals surface area contributed by atoms with Crippen LogP contribution in [0, 0.1) is 17.6 Å². The van der Waals surface area contributed by atoms with Crippen molar-refractivity contribution in [1.82, 2.24) is 9.62 Å². The number of hydrogen-bond acceptors (Lipinski definition) is 3. The molecule has 0 spiro atoms. The van der Waals surface area contributed by atoms with Crippen molar-refractivity contribution in [2.45, 2.75) is 24.3 Å². The second-order valence-electron chi connectivity index (χ2n) is 6.66. The average Bonchev–Trinajstić information content (AvgIpc) is 2.61. The van der Waals surface area contributed by atoms with Crippen molar-refractivity contribution in [2.75, 3.05) is 19.6 Å². The fourth-order valence-electron chi connectivity index (χ4n) is 3.18. The van der Waals surface area contributed by atoms with Crippen LogP contribution in [-0.4, -0.2) is 33.0 Å². The van der Waals surface area contributed by atoms with Crippen molar-refractivity contribution < 1.29 is 17.2 Å². The van der Waals surface area contributed by atoms with Crippen LogP contribution in [0.15, 0.2) is 53.4 Å². The topological polar surface area (TPSA) is 49.4 Å². The first-order chi connectivity index (χ1) is 12.4. The largest absolute Gasteiger partial charge is 0.299 e. The number of rotatable bonds is 6. The summed E-state index contributed by atoms with van der Waals surface area (Å²) in [6, 6.07) is 12.5. The number of halogens is 2. The van der Waals surface area contributed by atoms with E-state index < -0.39 is 21.7 Å². The molecule has 3 rings (SSSR count). The Bertz CT molecular complexity index is 816. The van der Waals surface area contributed by atoms with E-state index >= 15 is 0 Å². The van der Waals surface area contributed by atoms with Gasteiger partial charge in [-0.2, -0.15) is 0 Å². The normalized spacial score (nSPS) is 16.7. The van der Waals surface area contributed by atoms with E-state index in [1.807, 2.05) is 18.2 Å². The molecule has 0 atom stereocenters. The van der Waals surface area contributed by atoms with E-state index in [9.17, 15) is 17.2 Å². The number of piperidine rings is 1. The zero-order valence-electron chi connectivity index (χ0n) is 14.4. The van der Waals surface area contributed by atoms with E-state index in [0.717, 1.165) is 44.6 Å². The Morgan fingerprint density at radius 2 is 1.62 bits per heavy atom. The summed E-state index contributed by atoms with van der Waals surface area (Å²) in [5, 5.41) is 0. The van der Waals surface area contributed by atoms with Gasteiger partial charge in [-0.3, -0.25) is 4.90 Å². The molecule has 1 heterocycles. The lowest BCUT2D eigenvalue weighted by Crippen LogP contribution is -2.38. The maximum absolute atomic E-state index is 13.2. The molecular weight excluding hydrogens is 358 g/mol. The van der Waals surface area contributed by atoms with E-state index in [2.05, 4.69) is 21.8 Å². The van der Waals surface area contributed by atoms with Gasteiger partial charge in [0.05, 0.1) is 4.90 Å². The van der Waals surface area contributed by atoms with Crippen molar-refractivity contribution in [2.24, 2.45) is 5.92 Å². The van der Waals surface area contributed by atoms with Gasteiger partial charge < -0.3 is 0 Å². The van der Waals surface area contributed by atoms with E-state index in [0.29, 0.717) is 6.07 Å². The van der Waals surface area contributed by atoms with Crippen LogP contribution in [0.25, 0.3) is 0 Å². The van der Waals surface area contributed by atoms with E-state index in [1.165, 1.54) is 5.56 Å². The summed E-state index contributed by atoms with van der Waals surface area (Å²) < 4.78 is 53.4. The van der Waals surface area contributed by atoms with Gasteiger partial charge in [0.25, 0.3) is 0 Å². The van der Waals surface area contributed by atoms with Gasteiger partial charge in [0.1, 0.15) is 11.6 Å². The molecule has 4 nitrogen and oxygen atoms in total. The highest BCUT2D eigenvalue weighted by molar-refractivity contribution is 7.89. The molecule has 7 heteroatoms. The van der Waals surface area contributed by atoms with Crippen LogP contribution in [0.2, 0.25) is 0 Å². The predicted octanol–water partition coefficient (Wildman–Crippen LogP) is 3.16. The maximum Gasteiger partial charge on any atom is 0.240 e. The molecule has 0 aromatic heterocycles. The van der Waals surface area contributed by atoms with Crippen molar-refractivity contribution in [1.29, 1.82) is 0 Å².